The molecule has 1 aromatic heterocycles. The SMILES string of the molecule is C/C=C/c1nc(-c2ccc(-c3ccc(C(=O)N4CCCC4)cc3)cc2)c(F)cc1C. The molecule has 1 amide bonds. The summed E-state index contributed by atoms with van der Waals surface area (Å²) in [6.07, 6.45) is 5.96. The van der Waals surface area contributed by atoms with Crippen molar-refractivity contribution in [3.8, 4) is 22.4 Å². The fraction of sp³-hybridized carbons (Fsp3) is 0.231. The summed E-state index contributed by atoms with van der Waals surface area (Å²) in [7, 11) is 0. The molecule has 2 heterocycles. The van der Waals surface area contributed by atoms with E-state index in [-0.39, 0.29) is 11.7 Å². The molecule has 2 aromatic carbocycles. The lowest BCUT2D eigenvalue weighted by Gasteiger charge is -2.15. The molecule has 0 saturated carbocycles. The van der Waals surface area contributed by atoms with Crippen LogP contribution in [0.1, 0.15) is 41.4 Å². The number of aryl methyl sites for hydroxylation is 1. The second-order valence-corrected chi connectivity index (χ2v) is 7.67. The van der Waals surface area contributed by atoms with Gasteiger partial charge in [-0.3, -0.25) is 4.79 Å². The van der Waals surface area contributed by atoms with Crippen LogP contribution >= 0.6 is 0 Å². The smallest absolute Gasteiger partial charge is 0.253 e. The van der Waals surface area contributed by atoms with E-state index in [9.17, 15) is 9.18 Å². The molecule has 1 aliphatic heterocycles. The number of aromatic nitrogens is 1. The molecule has 0 bridgehead atoms. The average Bonchev–Trinajstić information content (AvgIpc) is 3.30. The molecule has 1 aliphatic rings. The largest absolute Gasteiger partial charge is 0.339 e. The van der Waals surface area contributed by atoms with Crippen LogP contribution in [-0.2, 0) is 0 Å². The van der Waals surface area contributed by atoms with Crippen molar-refractivity contribution < 1.29 is 9.18 Å². The minimum atomic E-state index is -0.321. The first-order chi connectivity index (χ1) is 14.6. The summed E-state index contributed by atoms with van der Waals surface area (Å²) < 4.78 is 14.5. The number of amides is 1. The maximum Gasteiger partial charge on any atom is 0.253 e. The van der Waals surface area contributed by atoms with Crippen LogP contribution in [0.25, 0.3) is 28.5 Å². The summed E-state index contributed by atoms with van der Waals surface area (Å²) in [5.74, 6) is -0.217. The highest BCUT2D eigenvalue weighted by atomic mass is 19.1. The van der Waals surface area contributed by atoms with Crippen LogP contribution in [0.2, 0.25) is 0 Å². The van der Waals surface area contributed by atoms with Crippen molar-refractivity contribution in [2.24, 2.45) is 0 Å². The lowest BCUT2D eigenvalue weighted by Crippen LogP contribution is -2.27. The van der Waals surface area contributed by atoms with Crippen LogP contribution in [0.3, 0.4) is 0 Å². The molecule has 0 spiro atoms. The van der Waals surface area contributed by atoms with Crippen LogP contribution < -0.4 is 0 Å². The molecule has 30 heavy (non-hydrogen) atoms. The van der Waals surface area contributed by atoms with Crippen LogP contribution in [0, 0.1) is 12.7 Å². The van der Waals surface area contributed by atoms with Gasteiger partial charge in [-0.25, -0.2) is 9.37 Å². The highest BCUT2D eigenvalue weighted by molar-refractivity contribution is 5.94. The van der Waals surface area contributed by atoms with E-state index in [1.54, 1.807) is 0 Å². The first kappa shape index (κ1) is 20.0. The normalized spacial score (nSPS) is 13.9. The van der Waals surface area contributed by atoms with E-state index in [0.717, 1.165) is 59.4 Å². The fourth-order valence-corrected chi connectivity index (χ4v) is 3.85. The van der Waals surface area contributed by atoms with Gasteiger partial charge in [-0.1, -0.05) is 42.5 Å². The Hall–Kier alpha value is -3.27. The minimum Gasteiger partial charge on any atom is -0.339 e. The third kappa shape index (κ3) is 4.04. The molecule has 1 fully saturated rings. The summed E-state index contributed by atoms with van der Waals surface area (Å²) in [6, 6.07) is 16.9. The van der Waals surface area contributed by atoms with Crippen molar-refractivity contribution in [1.82, 2.24) is 9.88 Å². The van der Waals surface area contributed by atoms with Crippen LogP contribution in [0.4, 0.5) is 4.39 Å². The summed E-state index contributed by atoms with van der Waals surface area (Å²) in [5.41, 5.74) is 5.44. The molecule has 0 aliphatic carbocycles. The summed E-state index contributed by atoms with van der Waals surface area (Å²) in [6.45, 7) is 5.47. The zero-order valence-electron chi connectivity index (χ0n) is 17.4. The van der Waals surface area contributed by atoms with Gasteiger partial charge in [-0.15, -0.1) is 0 Å². The maximum atomic E-state index is 14.5. The predicted octanol–water partition coefficient (Wildman–Crippen LogP) is 6.13. The Morgan fingerprint density at radius 1 is 0.967 bits per heavy atom. The van der Waals surface area contributed by atoms with Crippen molar-refractivity contribution in [2.45, 2.75) is 26.7 Å². The number of allylic oxidation sites excluding steroid dienone is 1. The number of carbonyl (C=O) groups excluding carboxylic acids is 1. The Morgan fingerprint density at radius 2 is 1.53 bits per heavy atom. The Bertz CT molecular complexity index is 1080. The van der Waals surface area contributed by atoms with E-state index >= 15 is 0 Å². The van der Waals surface area contributed by atoms with Gasteiger partial charge in [0.1, 0.15) is 11.5 Å². The number of hydrogen-bond donors (Lipinski definition) is 0. The second-order valence-electron chi connectivity index (χ2n) is 7.67. The van der Waals surface area contributed by atoms with Gasteiger partial charge in [0.2, 0.25) is 0 Å². The summed E-state index contributed by atoms with van der Waals surface area (Å²) >= 11 is 0. The fourth-order valence-electron chi connectivity index (χ4n) is 3.85. The predicted molar refractivity (Wildman–Crippen MR) is 120 cm³/mol. The van der Waals surface area contributed by atoms with Crippen LogP contribution in [-0.4, -0.2) is 28.9 Å². The Labute approximate surface area is 176 Å². The van der Waals surface area contributed by atoms with E-state index in [4.69, 9.17) is 0 Å². The highest BCUT2D eigenvalue weighted by Crippen LogP contribution is 2.27. The highest BCUT2D eigenvalue weighted by Gasteiger charge is 2.19. The van der Waals surface area contributed by atoms with Crippen LogP contribution in [0.15, 0.2) is 60.7 Å². The Morgan fingerprint density at radius 3 is 2.13 bits per heavy atom. The van der Waals surface area contributed by atoms with Gasteiger partial charge >= 0.3 is 0 Å². The third-order valence-electron chi connectivity index (χ3n) is 5.55. The lowest BCUT2D eigenvalue weighted by atomic mass is 10.0. The van der Waals surface area contributed by atoms with Crippen molar-refractivity contribution in [1.29, 1.82) is 0 Å². The number of carbonyl (C=O) groups is 1. The first-order valence-electron chi connectivity index (χ1n) is 10.4. The minimum absolute atomic E-state index is 0.104. The molecule has 0 radical (unpaired) electrons. The molecule has 0 unspecified atom stereocenters. The van der Waals surface area contributed by atoms with Crippen molar-refractivity contribution >= 4 is 12.0 Å². The number of likely N-dealkylation sites (tertiary alicyclic amines) is 1. The molecular formula is C26H25FN2O. The Kier molecular flexibility index (Phi) is 5.75. The van der Waals surface area contributed by atoms with E-state index in [0.29, 0.717) is 5.69 Å². The zero-order chi connectivity index (χ0) is 21.1. The molecule has 0 N–H and O–H groups in total. The van der Waals surface area contributed by atoms with E-state index < -0.39 is 0 Å². The Balaban J connectivity index is 1.57. The van der Waals surface area contributed by atoms with Crippen LogP contribution in [0.5, 0.6) is 0 Å². The number of benzene rings is 2. The number of nitrogens with zero attached hydrogens (tertiary/aromatic N) is 2. The topological polar surface area (TPSA) is 33.2 Å². The van der Waals surface area contributed by atoms with E-state index in [2.05, 4.69) is 4.98 Å². The molecule has 3 aromatic rings. The molecular weight excluding hydrogens is 375 g/mol. The van der Waals surface area contributed by atoms with Crippen molar-refractivity contribution in [3.63, 3.8) is 0 Å². The van der Waals surface area contributed by atoms with E-state index in [1.807, 2.05) is 79.4 Å². The molecule has 152 valence electrons. The molecule has 4 heteroatoms. The summed E-state index contributed by atoms with van der Waals surface area (Å²) in [5, 5.41) is 0. The monoisotopic (exact) mass is 400 g/mol. The summed E-state index contributed by atoms with van der Waals surface area (Å²) in [4.78, 5) is 18.9. The number of pyridine rings is 1. The number of halogens is 1. The van der Waals surface area contributed by atoms with E-state index in [1.165, 1.54) is 6.07 Å². The van der Waals surface area contributed by atoms with Gasteiger partial charge in [-0.05, 0) is 67.7 Å². The van der Waals surface area contributed by atoms with Crippen molar-refractivity contribution in [3.05, 3.63) is 83.3 Å². The number of hydrogen-bond acceptors (Lipinski definition) is 2. The quantitative estimate of drug-likeness (QED) is 0.528. The van der Waals surface area contributed by atoms with Gasteiger partial charge in [0.05, 0.1) is 5.69 Å². The standard InChI is InChI=1S/C26H25FN2O/c1-3-6-24-18(2)17-23(27)25(28-24)21-11-7-19(8-12-21)20-9-13-22(14-10-20)26(30)29-15-4-5-16-29/h3,6-14,17H,4-5,15-16H2,1-2H3/b6-3+. The van der Waals surface area contributed by atoms with Gasteiger partial charge in [0.25, 0.3) is 5.91 Å². The van der Waals surface area contributed by atoms with Crippen molar-refractivity contribution in [2.75, 3.05) is 13.1 Å². The van der Waals surface area contributed by atoms with Gasteiger partial charge < -0.3 is 4.90 Å². The first-order valence-corrected chi connectivity index (χ1v) is 10.4. The molecule has 4 rings (SSSR count). The molecule has 1 saturated heterocycles. The maximum absolute atomic E-state index is 14.5. The van der Waals surface area contributed by atoms with Gasteiger partial charge in [-0.2, -0.15) is 0 Å². The average molecular weight is 400 g/mol. The lowest BCUT2D eigenvalue weighted by molar-refractivity contribution is 0.0793. The number of rotatable bonds is 4. The second kappa shape index (κ2) is 8.62. The molecule has 0 atom stereocenters. The molecule has 3 nitrogen and oxygen atoms in total. The van der Waals surface area contributed by atoms with Gasteiger partial charge in [0, 0.05) is 24.2 Å². The third-order valence-corrected chi connectivity index (χ3v) is 5.55. The van der Waals surface area contributed by atoms with Gasteiger partial charge in [0.15, 0.2) is 0 Å². The zero-order valence-corrected chi connectivity index (χ0v) is 17.4.